The Morgan fingerprint density at radius 2 is 1.88 bits per heavy atom. The second-order valence-corrected chi connectivity index (χ2v) is 5.65. The van der Waals surface area contributed by atoms with Crippen molar-refractivity contribution in [3.63, 3.8) is 0 Å². The number of hydrogen-bond donors (Lipinski definition) is 2. The van der Waals surface area contributed by atoms with E-state index in [1.54, 1.807) is 0 Å². The van der Waals surface area contributed by atoms with Crippen LogP contribution in [0.5, 0.6) is 0 Å². The van der Waals surface area contributed by atoms with E-state index in [1.807, 2.05) is 0 Å². The van der Waals surface area contributed by atoms with Crippen LogP contribution >= 0.6 is 0 Å². The first kappa shape index (κ1) is 11.9. The molecule has 1 atom stereocenters. The van der Waals surface area contributed by atoms with Crippen LogP contribution in [-0.2, 0) is 4.79 Å². The van der Waals surface area contributed by atoms with Crippen LogP contribution in [-0.4, -0.2) is 18.5 Å². The highest BCUT2D eigenvalue weighted by Crippen LogP contribution is 2.33. The quantitative estimate of drug-likeness (QED) is 0.746. The zero-order valence-corrected chi connectivity index (χ0v) is 10.2. The molecule has 0 saturated heterocycles. The number of nitrogens with two attached hydrogens (primary N) is 1. The van der Waals surface area contributed by atoms with E-state index in [1.165, 1.54) is 12.8 Å². The van der Waals surface area contributed by atoms with E-state index in [9.17, 15) is 4.79 Å². The number of primary amides is 1. The summed E-state index contributed by atoms with van der Waals surface area (Å²) in [7, 11) is 0. The molecule has 0 aromatic heterocycles. The maximum atomic E-state index is 11.0. The molecule has 1 unspecified atom stereocenters. The molecule has 3 N–H and O–H groups in total. The summed E-state index contributed by atoms with van der Waals surface area (Å²) in [5, 5.41) is 3.64. The fourth-order valence-corrected chi connectivity index (χ4v) is 2.77. The van der Waals surface area contributed by atoms with E-state index < -0.39 is 0 Å². The van der Waals surface area contributed by atoms with Crippen molar-refractivity contribution >= 4 is 5.91 Å². The Hall–Kier alpha value is -0.570. The number of hydrogen-bond acceptors (Lipinski definition) is 2. The fourth-order valence-electron chi connectivity index (χ4n) is 2.77. The third-order valence-corrected chi connectivity index (χ3v) is 4.31. The average Bonchev–Trinajstić information content (AvgIpc) is 3.10. The minimum atomic E-state index is -0.0993. The minimum Gasteiger partial charge on any atom is -0.369 e. The molecule has 92 valence electrons. The van der Waals surface area contributed by atoms with Gasteiger partial charge in [-0.1, -0.05) is 0 Å². The number of rotatable bonds is 5. The zero-order chi connectivity index (χ0) is 11.5. The van der Waals surface area contributed by atoms with Crippen molar-refractivity contribution in [2.24, 2.45) is 23.5 Å². The van der Waals surface area contributed by atoms with E-state index in [2.05, 4.69) is 12.2 Å². The number of amides is 1. The predicted octanol–water partition coefficient (Wildman–Crippen LogP) is 1.67. The smallest absolute Gasteiger partial charge is 0.220 e. The molecule has 3 nitrogen and oxygen atoms in total. The molecule has 2 rings (SSSR count). The van der Waals surface area contributed by atoms with Crippen LogP contribution in [0.15, 0.2) is 0 Å². The van der Waals surface area contributed by atoms with Crippen molar-refractivity contribution in [3.05, 3.63) is 0 Å². The molecule has 0 bridgehead atoms. The molecule has 0 radical (unpaired) electrons. The Morgan fingerprint density at radius 1 is 1.25 bits per heavy atom. The van der Waals surface area contributed by atoms with Gasteiger partial charge in [-0.2, -0.15) is 0 Å². The van der Waals surface area contributed by atoms with Gasteiger partial charge in [0.1, 0.15) is 0 Å². The highest BCUT2D eigenvalue weighted by atomic mass is 16.1. The first-order valence-electron chi connectivity index (χ1n) is 6.69. The summed E-state index contributed by atoms with van der Waals surface area (Å²) in [6, 6.07) is 0.689. The van der Waals surface area contributed by atoms with Crippen LogP contribution in [0.2, 0.25) is 0 Å². The van der Waals surface area contributed by atoms with Crippen LogP contribution in [0.3, 0.4) is 0 Å². The molecule has 2 aliphatic rings. The van der Waals surface area contributed by atoms with Crippen molar-refractivity contribution < 1.29 is 4.79 Å². The Labute approximate surface area is 98.2 Å². The predicted molar refractivity (Wildman–Crippen MR) is 64.8 cm³/mol. The van der Waals surface area contributed by atoms with Crippen molar-refractivity contribution in [1.29, 1.82) is 0 Å². The second kappa shape index (κ2) is 5.17. The van der Waals surface area contributed by atoms with Crippen LogP contribution in [0, 0.1) is 17.8 Å². The Morgan fingerprint density at radius 3 is 2.38 bits per heavy atom. The van der Waals surface area contributed by atoms with Crippen molar-refractivity contribution in [3.8, 4) is 0 Å². The van der Waals surface area contributed by atoms with Gasteiger partial charge in [0.15, 0.2) is 0 Å². The number of nitrogens with one attached hydrogen (secondary N) is 1. The molecule has 0 aromatic carbocycles. The van der Waals surface area contributed by atoms with Crippen molar-refractivity contribution in [2.75, 3.05) is 6.54 Å². The molecule has 0 spiro atoms. The lowest BCUT2D eigenvalue weighted by molar-refractivity contribution is -0.122. The lowest BCUT2D eigenvalue weighted by Gasteiger charge is -2.28. The van der Waals surface area contributed by atoms with E-state index >= 15 is 0 Å². The van der Waals surface area contributed by atoms with E-state index in [4.69, 9.17) is 5.73 Å². The van der Waals surface area contributed by atoms with Gasteiger partial charge in [0.05, 0.1) is 0 Å². The summed E-state index contributed by atoms with van der Waals surface area (Å²) in [4.78, 5) is 11.0. The van der Waals surface area contributed by atoms with Gasteiger partial charge >= 0.3 is 0 Å². The van der Waals surface area contributed by atoms with E-state index in [0.717, 1.165) is 44.1 Å². The summed E-state index contributed by atoms with van der Waals surface area (Å²) < 4.78 is 0. The summed E-state index contributed by atoms with van der Waals surface area (Å²) in [5.41, 5.74) is 5.33. The van der Waals surface area contributed by atoms with E-state index in [-0.39, 0.29) is 11.8 Å². The average molecular weight is 224 g/mol. The third-order valence-electron chi connectivity index (χ3n) is 4.31. The van der Waals surface area contributed by atoms with Gasteiger partial charge in [-0.05, 0) is 63.8 Å². The maximum Gasteiger partial charge on any atom is 0.220 e. The Balaban J connectivity index is 1.63. The fraction of sp³-hybridized carbons (Fsp3) is 0.923. The van der Waals surface area contributed by atoms with Crippen LogP contribution < -0.4 is 11.1 Å². The topological polar surface area (TPSA) is 55.1 Å². The second-order valence-electron chi connectivity index (χ2n) is 5.65. The van der Waals surface area contributed by atoms with Gasteiger partial charge < -0.3 is 11.1 Å². The lowest BCUT2D eigenvalue weighted by Crippen LogP contribution is -2.35. The summed E-state index contributed by atoms with van der Waals surface area (Å²) in [5.74, 6) is 1.74. The van der Waals surface area contributed by atoms with E-state index in [0.29, 0.717) is 6.04 Å². The SMILES string of the molecule is CC(NCC1CCC(C(N)=O)CC1)C1CC1. The highest BCUT2D eigenvalue weighted by Gasteiger charge is 2.29. The first-order valence-corrected chi connectivity index (χ1v) is 6.69. The summed E-state index contributed by atoms with van der Waals surface area (Å²) >= 11 is 0. The molecule has 3 heteroatoms. The van der Waals surface area contributed by atoms with Gasteiger partial charge in [-0.25, -0.2) is 0 Å². The molecule has 0 aromatic rings. The zero-order valence-electron chi connectivity index (χ0n) is 10.2. The van der Waals surface area contributed by atoms with Crippen LogP contribution in [0.1, 0.15) is 45.4 Å². The molecular formula is C13H24N2O. The Bertz CT molecular complexity index is 242. The molecule has 16 heavy (non-hydrogen) atoms. The van der Waals surface area contributed by atoms with Crippen LogP contribution in [0.4, 0.5) is 0 Å². The monoisotopic (exact) mass is 224 g/mol. The van der Waals surface area contributed by atoms with Gasteiger partial charge in [-0.15, -0.1) is 0 Å². The van der Waals surface area contributed by atoms with Crippen molar-refractivity contribution in [1.82, 2.24) is 5.32 Å². The number of carbonyl (C=O) groups is 1. The third kappa shape index (κ3) is 3.21. The summed E-state index contributed by atoms with van der Waals surface area (Å²) in [6.07, 6.45) is 7.14. The number of carbonyl (C=O) groups excluding carboxylic acids is 1. The first-order chi connectivity index (χ1) is 7.66. The molecule has 0 aliphatic heterocycles. The molecule has 2 saturated carbocycles. The van der Waals surface area contributed by atoms with Gasteiger partial charge in [0, 0.05) is 12.0 Å². The van der Waals surface area contributed by atoms with Gasteiger partial charge in [0.2, 0.25) is 5.91 Å². The normalized spacial score (nSPS) is 32.3. The van der Waals surface area contributed by atoms with Crippen molar-refractivity contribution in [2.45, 2.75) is 51.5 Å². The highest BCUT2D eigenvalue weighted by molar-refractivity contribution is 5.76. The Kier molecular flexibility index (Phi) is 3.85. The molecule has 2 fully saturated rings. The molecular weight excluding hydrogens is 200 g/mol. The van der Waals surface area contributed by atoms with Crippen LogP contribution in [0.25, 0.3) is 0 Å². The van der Waals surface area contributed by atoms with Gasteiger partial charge in [-0.3, -0.25) is 4.79 Å². The maximum absolute atomic E-state index is 11.0. The molecule has 2 aliphatic carbocycles. The lowest BCUT2D eigenvalue weighted by atomic mass is 9.81. The van der Waals surface area contributed by atoms with Gasteiger partial charge in [0.25, 0.3) is 0 Å². The largest absolute Gasteiger partial charge is 0.369 e. The summed E-state index contributed by atoms with van der Waals surface area (Å²) in [6.45, 7) is 3.43. The molecule has 1 amide bonds. The standard InChI is InChI=1S/C13H24N2O/c1-9(11-6-7-11)15-8-10-2-4-12(5-3-10)13(14)16/h9-12,15H,2-8H2,1H3,(H2,14,16). The minimum absolute atomic E-state index is 0.0993. The molecule has 0 heterocycles.